The third-order valence-electron chi connectivity index (χ3n) is 6.15. The Kier molecular flexibility index (Phi) is 8.39. The van der Waals surface area contributed by atoms with Crippen LogP contribution in [0.4, 0.5) is 5.69 Å². The van der Waals surface area contributed by atoms with E-state index in [2.05, 4.69) is 5.32 Å². The van der Waals surface area contributed by atoms with Gasteiger partial charge in [-0.3, -0.25) is 9.59 Å². The summed E-state index contributed by atoms with van der Waals surface area (Å²) < 4.78 is 11.4. The summed E-state index contributed by atoms with van der Waals surface area (Å²) in [5.74, 6) is 1.94. The van der Waals surface area contributed by atoms with E-state index in [1.807, 2.05) is 99.6 Å². The first-order valence-corrected chi connectivity index (χ1v) is 12.6. The molecule has 4 aromatic rings. The molecule has 0 heterocycles. The highest BCUT2D eigenvalue weighted by Crippen LogP contribution is 2.27. The molecule has 0 saturated heterocycles. The van der Waals surface area contributed by atoms with Gasteiger partial charge in [0.15, 0.2) is 5.78 Å². The first-order chi connectivity index (χ1) is 18.3. The lowest BCUT2D eigenvalue weighted by Crippen LogP contribution is -2.34. The Hall–Kier alpha value is -4.64. The van der Waals surface area contributed by atoms with Gasteiger partial charge in [0.05, 0.1) is 12.0 Å². The molecule has 0 saturated carbocycles. The lowest BCUT2D eigenvalue weighted by Gasteiger charge is -2.24. The number of hydrogen-bond acceptors (Lipinski definition) is 4. The number of hydrogen-bond donors (Lipinski definition) is 1. The third kappa shape index (κ3) is 6.77. The van der Waals surface area contributed by atoms with Crippen molar-refractivity contribution in [3.63, 3.8) is 0 Å². The Morgan fingerprint density at radius 3 is 2.16 bits per heavy atom. The van der Waals surface area contributed by atoms with Gasteiger partial charge in [-0.2, -0.15) is 0 Å². The van der Waals surface area contributed by atoms with Crippen molar-refractivity contribution < 1.29 is 19.1 Å². The van der Waals surface area contributed by atoms with Crippen molar-refractivity contribution in [1.82, 2.24) is 0 Å². The van der Waals surface area contributed by atoms with Crippen LogP contribution in [0.5, 0.6) is 17.2 Å². The largest absolute Gasteiger partial charge is 0.494 e. The molecule has 1 N–H and O–H groups in total. The predicted octanol–water partition coefficient (Wildman–Crippen LogP) is 7.69. The summed E-state index contributed by atoms with van der Waals surface area (Å²) in [7, 11) is 0. The number of carbonyl (C=O) groups is 2. The number of anilines is 1. The van der Waals surface area contributed by atoms with Crippen LogP contribution >= 0.6 is 0 Å². The van der Waals surface area contributed by atoms with E-state index >= 15 is 0 Å². The highest BCUT2D eigenvalue weighted by molar-refractivity contribution is 6.07. The molecule has 0 unspecified atom stereocenters. The van der Waals surface area contributed by atoms with Crippen LogP contribution < -0.4 is 14.8 Å². The Labute approximate surface area is 223 Å². The van der Waals surface area contributed by atoms with Crippen molar-refractivity contribution in [3.8, 4) is 17.2 Å². The number of carbonyl (C=O) groups excluding carboxylic acids is 2. The summed E-state index contributed by atoms with van der Waals surface area (Å²) in [6.45, 7) is 6.28. The third-order valence-corrected chi connectivity index (χ3v) is 6.15. The lowest BCUT2D eigenvalue weighted by molar-refractivity contribution is -0.120. The standard InChI is InChI=1S/C33H31NO4/c1-4-37-28-20-16-26(17-21-28)33(2,3)32(36)34-27-18-14-25(15-19-27)31(35)22-13-24-9-8-12-30(23-24)38-29-10-6-5-7-11-29/h5-23H,4H2,1-3H3,(H,34,36)/b22-13+. The minimum atomic E-state index is -0.749. The van der Waals surface area contributed by atoms with E-state index < -0.39 is 5.41 Å². The first kappa shape index (κ1) is 26.4. The monoisotopic (exact) mass is 505 g/mol. The van der Waals surface area contributed by atoms with E-state index in [0.717, 1.165) is 22.6 Å². The molecule has 0 fully saturated rings. The number of allylic oxidation sites excluding steroid dienone is 1. The Balaban J connectivity index is 1.37. The smallest absolute Gasteiger partial charge is 0.234 e. The van der Waals surface area contributed by atoms with Gasteiger partial charge in [-0.05, 0) is 98.6 Å². The van der Waals surface area contributed by atoms with Crippen LogP contribution in [0.3, 0.4) is 0 Å². The molecule has 4 rings (SSSR count). The molecule has 0 aliphatic carbocycles. The van der Waals surface area contributed by atoms with E-state index in [0.29, 0.717) is 23.6 Å². The second-order valence-electron chi connectivity index (χ2n) is 9.30. The summed E-state index contributed by atoms with van der Waals surface area (Å²) in [6, 6.07) is 31.5. The predicted molar refractivity (Wildman–Crippen MR) is 152 cm³/mol. The van der Waals surface area contributed by atoms with Crippen molar-refractivity contribution in [1.29, 1.82) is 0 Å². The van der Waals surface area contributed by atoms with Gasteiger partial charge in [-0.25, -0.2) is 0 Å². The topological polar surface area (TPSA) is 64.6 Å². The summed E-state index contributed by atoms with van der Waals surface area (Å²) in [5.41, 5.74) is 2.14. The zero-order valence-electron chi connectivity index (χ0n) is 21.8. The Morgan fingerprint density at radius 2 is 1.47 bits per heavy atom. The van der Waals surface area contributed by atoms with E-state index in [4.69, 9.17) is 9.47 Å². The maximum Gasteiger partial charge on any atom is 0.234 e. The van der Waals surface area contributed by atoms with Gasteiger partial charge in [-0.1, -0.05) is 48.5 Å². The first-order valence-electron chi connectivity index (χ1n) is 12.6. The normalized spacial score (nSPS) is 11.2. The molecule has 38 heavy (non-hydrogen) atoms. The molecule has 4 aromatic carbocycles. The summed E-state index contributed by atoms with van der Waals surface area (Å²) in [4.78, 5) is 25.8. The van der Waals surface area contributed by atoms with Gasteiger partial charge in [-0.15, -0.1) is 0 Å². The number of rotatable bonds is 10. The van der Waals surface area contributed by atoms with Gasteiger partial charge in [0, 0.05) is 11.3 Å². The summed E-state index contributed by atoms with van der Waals surface area (Å²) in [5, 5.41) is 2.96. The fourth-order valence-electron chi connectivity index (χ4n) is 3.85. The summed E-state index contributed by atoms with van der Waals surface area (Å²) >= 11 is 0. The van der Waals surface area contributed by atoms with Gasteiger partial charge in [0.25, 0.3) is 0 Å². The maximum absolute atomic E-state index is 13.0. The molecule has 0 aliphatic heterocycles. The number of ketones is 1. The SMILES string of the molecule is CCOc1ccc(C(C)(C)C(=O)Nc2ccc(C(=O)/C=C/c3cccc(Oc4ccccc4)c3)cc2)cc1. The number of nitrogens with one attached hydrogen (secondary N) is 1. The lowest BCUT2D eigenvalue weighted by atomic mass is 9.83. The molecular formula is C33H31NO4. The minimum absolute atomic E-state index is 0.132. The molecular weight excluding hydrogens is 474 g/mol. The van der Waals surface area contributed by atoms with Gasteiger partial charge < -0.3 is 14.8 Å². The van der Waals surface area contributed by atoms with Crippen LogP contribution in [0.1, 0.15) is 42.3 Å². The van der Waals surface area contributed by atoms with Crippen LogP contribution in [0.15, 0.2) is 109 Å². The molecule has 0 aliphatic rings. The minimum Gasteiger partial charge on any atom is -0.494 e. The van der Waals surface area contributed by atoms with Crippen LogP contribution in [-0.4, -0.2) is 18.3 Å². The van der Waals surface area contributed by atoms with Crippen molar-refractivity contribution in [2.24, 2.45) is 0 Å². The average Bonchev–Trinajstić information content (AvgIpc) is 2.93. The highest BCUT2D eigenvalue weighted by atomic mass is 16.5. The van der Waals surface area contributed by atoms with Crippen LogP contribution in [0.25, 0.3) is 6.08 Å². The molecule has 5 nitrogen and oxygen atoms in total. The van der Waals surface area contributed by atoms with Crippen LogP contribution in [0.2, 0.25) is 0 Å². The van der Waals surface area contributed by atoms with Gasteiger partial charge >= 0.3 is 0 Å². The van der Waals surface area contributed by atoms with E-state index in [-0.39, 0.29) is 11.7 Å². The number of amides is 1. The second kappa shape index (κ2) is 12.1. The van der Waals surface area contributed by atoms with Crippen molar-refractivity contribution in [3.05, 3.63) is 126 Å². The number of ether oxygens (including phenoxy) is 2. The molecule has 0 radical (unpaired) electrons. The van der Waals surface area contributed by atoms with Crippen LogP contribution in [0, 0.1) is 0 Å². The molecule has 0 atom stereocenters. The Bertz CT molecular complexity index is 1410. The Morgan fingerprint density at radius 1 is 0.789 bits per heavy atom. The molecule has 0 spiro atoms. The molecule has 1 amide bonds. The molecule has 0 bridgehead atoms. The quantitative estimate of drug-likeness (QED) is 0.177. The summed E-state index contributed by atoms with van der Waals surface area (Å²) in [6.07, 6.45) is 3.29. The molecule has 5 heteroatoms. The van der Waals surface area contributed by atoms with Gasteiger partial charge in [0.1, 0.15) is 17.2 Å². The van der Waals surface area contributed by atoms with Crippen molar-refractivity contribution in [2.45, 2.75) is 26.2 Å². The van der Waals surface area contributed by atoms with Crippen LogP contribution in [-0.2, 0) is 10.2 Å². The molecule has 192 valence electrons. The maximum atomic E-state index is 13.0. The van der Waals surface area contributed by atoms with E-state index in [1.165, 1.54) is 6.08 Å². The fraction of sp³-hybridized carbons (Fsp3) is 0.152. The van der Waals surface area contributed by atoms with Crippen molar-refractivity contribution in [2.75, 3.05) is 11.9 Å². The zero-order valence-corrected chi connectivity index (χ0v) is 21.8. The molecule has 0 aromatic heterocycles. The van der Waals surface area contributed by atoms with Crippen molar-refractivity contribution >= 4 is 23.5 Å². The zero-order chi connectivity index (χ0) is 27.0. The average molecular weight is 506 g/mol. The highest BCUT2D eigenvalue weighted by Gasteiger charge is 2.30. The fourth-order valence-corrected chi connectivity index (χ4v) is 3.85. The van der Waals surface area contributed by atoms with Gasteiger partial charge in [0.2, 0.25) is 5.91 Å². The van der Waals surface area contributed by atoms with E-state index in [9.17, 15) is 9.59 Å². The number of benzene rings is 4. The second-order valence-corrected chi connectivity index (χ2v) is 9.30. The number of para-hydroxylation sites is 1. The van der Waals surface area contributed by atoms with E-state index in [1.54, 1.807) is 30.3 Å².